The van der Waals surface area contributed by atoms with Crippen LogP contribution in [-0.2, 0) is 5.41 Å². The standard InChI is InChI=1S/C106H73BN6/c1-106(2,3)72-61-86(70-35-12-6-13-36-70)105(87(62-72)71-37-14-7-15-38-71)113-100-64-74(109-93-50-25-18-41-81(93)82-42-19-26-51-94(82)109)55-58-90(100)107-89-59-56-75(110-97-54-29-22-45-85(97)88-63-73(57-60-98(88)110)108-91-48-23-16-39-79(91)80-40-17-24-49-92(80)108)65-99(89)112(104-77(68-31-8-4-9-32-68)46-30-47-78(104)69-33-10-5-11-34-69)101-66-76(67-102(113)103(101)107)111-95-52-27-20-43-83(95)84-44-21-28-53-96(84)111/h4-67H,1-3H3/i18D,19D,20D,21D,25D,26D,27D,28D,41D,42D,43D,44D,50D,51D,52D,53D. The average molecular weight is 1460 g/mol. The summed E-state index contributed by atoms with van der Waals surface area (Å²) in [6, 6.07) is 91.0. The third kappa shape index (κ3) is 9.81. The van der Waals surface area contributed by atoms with Crippen LogP contribution >= 0.6 is 0 Å². The lowest BCUT2D eigenvalue weighted by atomic mass is 9.33. The van der Waals surface area contributed by atoms with Gasteiger partial charge in [0.2, 0.25) is 0 Å². The molecular formula is C106H73BN6. The van der Waals surface area contributed by atoms with Crippen molar-refractivity contribution in [1.82, 2.24) is 18.3 Å². The highest BCUT2D eigenvalue weighted by Gasteiger charge is 2.46. The van der Waals surface area contributed by atoms with Gasteiger partial charge in [-0.15, -0.1) is 0 Å². The van der Waals surface area contributed by atoms with Gasteiger partial charge in [0.1, 0.15) is 0 Å². The summed E-state index contributed by atoms with van der Waals surface area (Å²) >= 11 is 0. The fraction of sp³-hybridized carbons (Fsp3) is 0.0377. The highest BCUT2D eigenvalue weighted by molar-refractivity contribution is 7.00. The molecule has 530 valence electrons. The van der Waals surface area contributed by atoms with Crippen molar-refractivity contribution in [2.45, 2.75) is 26.2 Å². The zero-order valence-corrected chi connectivity index (χ0v) is 61.5. The van der Waals surface area contributed by atoms with Crippen LogP contribution in [0.15, 0.2) is 388 Å². The molecule has 0 spiro atoms. The van der Waals surface area contributed by atoms with Gasteiger partial charge in [0.05, 0.1) is 83.1 Å². The molecule has 113 heavy (non-hydrogen) atoms. The number of hydrogen-bond acceptors (Lipinski definition) is 2. The van der Waals surface area contributed by atoms with E-state index in [2.05, 4.69) is 228 Å². The second-order valence-corrected chi connectivity index (χ2v) is 30.3. The summed E-state index contributed by atoms with van der Waals surface area (Å²) in [5.41, 5.74) is 18.5. The van der Waals surface area contributed by atoms with E-state index in [4.69, 9.17) is 0 Å². The highest BCUT2D eigenvalue weighted by Crippen LogP contribution is 2.56. The molecule has 2 aliphatic rings. The Balaban J connectivity index is 0.934. The number of anilines is 6. The van der Waals surface area contributed by atoms with Crippen molar-refractivity contribution in [3.63, 3.8) is 0 Å². The Morgan fingerprint density at radius 1 is 0.248 bits per heavy atom. The number of nitrogens with zero attached hydrogens (tertiary/aromatic N) is 6. The first kappa shape index (κ1) is 50.3. The minimum absolute atomic E-state index is 0.0919. The van der Waals surface area contributed by atoms with Gasteiger partial charge in [-0.1, -0.05) is 300 Å². The predicted molar refractivity (Wildman–Crippen MR) is 478 cm³/mol. The molecule has 0 aliphatic carbocycles. The molecule has 0 fully saturated rings. The predicted octanol–water partition coefficient (Wildman–Crippen LogP) is 26.1. The maximum Gasteiger partial charge on any atom is 0.252 e. The van der Waals surface area contributed by atoms with Crippen LogP contribution in [0, 0.1) is 0 Å². The Labute approximate surface area is 678 Å². The fourth-order valence-corrected chi connectivity index (χ4v) is 18.2. The summed E-state index contributed by atoms with van der Waals surface area (Å²) < 4.78 is 163. The molecule has 6 nitrogen and oxygen atoms in total. The Hall–Kier alpha value is -14.4. The van der Waals surface area contributed by atoms with Crippen LogP contribution in [0.3, 0.4) is 0 Å². The van der Waals surface area contributed by atoms with Gasteiger partial charge < -0.3 is 28.1 Å². The summed E-state index contributed by atoms with van der Waals surface area (Å²) in [6.45, 7) is 5.67. The van der Waals surface area contributed by atoms with Crippen LogP contribution in [0.5, 0.6) is 0 Å². The highest BCUT2D eigenvalue weighted by atomic mass is 15.2. The van der Waals surface area contributed by atoms with Crippen LogP contribution in [0.25, 0.3) is 154 Å². The van der Waals surface area contributed by atoms with E-state index in [-0.39, 0.29) is 55.0 Å². The summed E-state index contributed by atoms with van der Waals surface area (Å²) in [4.78, 5) is 4.53. The molecule has 0 saturated carbocycles. The largest absolute Gasteiger partial charge is 0.310 e. The van der Waals surface area contributed by atoms with Gasteiger partial charge in [-0.05, 0) is 159 Å². The molecule has 0 radical (unpaired) electrons. The third-order valence-electron chi connectivity index (χ3n) is 23.2. The SMILES string of the molecule is [2H]c1c([2H])c([2H])c2c(c1[2H])c1c([2H])c([2H])c([2H])c([2H])c1n2-c1ccc2c(c1)N(c1c(-c3ccccc3)cc(C(C)(C)C)cc1-c1ccccc1)c1cc(-n3c4c([2H])c([2H])c([2H])c([2H])c4c4c([2H])c([2H])c([2H])c([2H])c43)cc3c1B2c1ccc(-n2c4ccccc4c4cc(-n5c6ccccc6c6ccccc65)ccc42)cc1N3c1c(-c2ccccc2)cccc1-c1ccccc1. The van der Waals surface area contributed by atoms with Gasteiger partial charge in [-0.2, -0.15) is 0 Å². The number of para-hydroxylation sites is 8. The Morgan fingerprint density at radius 3 is 0.982 bits per heavy atom. The normalized spacial score (nSPS) is 14.7. The Kier molecular flexibility index (Phi) is 11.2. The monoisotopic (exact) mass is 1460 g/mol. The maximum absolute atomic E-state index is 10.3. The first-order valence-corrected chi connectivity index (χ1v) is 38.0. The van der Waals surface area contributed by atoms with Crippen LogP contribution in [0.2, 0.25) is 0 Å². The van der Waals surface area contributed by atoms with E-state index in [1.165, 1.54) is 0 Å². The van der Waals surface area contributed by atoms with E-state index in [0.717, 1.165) is 122 Å². The van der Waals surface area contributed by atoms with Gasteiger partial charge >= 0.3 is 0 Å². The van der Waals surface area contributed by atoms with Crippen LogP contribution < -0.4 is 26.2 Å². The first-order chi connectivity index (χ1) is 62.4. The quantitative estimate of drug-likeness (QED) is 0.128. The van der Waals surface area contributed by atoms with Gasteiger partial charge in [0.15, 0.2) is 0 Å². The van der Waals surface area contributed by atoms with E-state index in [9.17, 15) is 21.9 Å². The van der Waals surface area contributed by atoms with Crippen LogP contribution in [0.4, 0.5) is 34.1 Å². The lowest BCUT2D eigenvalue weighted by Gasteiger charge is -2.46. The lowest BCUT2D eigenvalue weighted by molar-refractivity contribution is 0.591. The van der Waals surface area contributed by atoms with Crippen molar-refractivity contribution in [2.75, 3.05) is 9.80 Å². The summed E-state index contributed by atoms with van der Waals surface area (Å²) in [5.74, 6) is 0. The number of fused-ring (bicyclic) bond motifs is 16. The Morgan fingerprint density at radius 2 is 0.566 bits per heavy atom. The number of hydrogen-bond donors (Lipinski definition) is 0. The number of benzene rings is 17. The van der Waals surface area contributed by atoms with Gasteiger partial charge in [0.25, 0.3) is 6.71 Å². The van der Waals surface area contributed by atoms with Crippen molar-refractivity contribution in [3.8, 4) is 67.3 Å². The molecule has 0 bridgehead atoms. The molecule has 7 heteroatoms. The first-order valence-electron chi connectivity index (χ1n) is 46.0. The molecule has 21 aromatic rings. The maximum atomic E-state index is 10.3. The lowest BCUT2D eigenvalue weighted by Crippen LogP contribution is -2.61. The zero-order valence-electron chi connectivity index (χ0n) is 77.5. The third-order valence-corrected chi connectivity index (χ3v) is 23.2. The van der Waals surface area contributed by atoms with Crippen molar-refractivity contribution < 1.29 is 21.9 Å². The fourth-order valence-electron chi connectivity index (χ4n) is 18.2. The van der Waals surface area contributed by atoms with Crippen molar-refractivity contribution in [2.24, 2.45) is 0 Å². The van der Waals surface area contributed by atoms with Crippen LogP contribution in [-0.4, -0.2) is 25.0 Å². The average Bonchev–Trinajstić information content (AvgIpc) is 1.67. The number of aromatic nitrogens is 4. The van der Waals surface area contributed by atoms with E-state index in [1.807, 2.05) is 103 Å². The molecular weight excluding hydrogens is 1370 g/mol. The summed E-state index contributed by atoms with van der Waals surface area (Å²) in [5, 5.41) is 3.79. The molecule has 4 aromatic heterocycles. The molecule has 0 saturated heterocycles. The van der Waals surface area contributed by atoms with Crippen LogP contribution in [0.1, 0.15) is 48.3 Å². The minimum Gasteiger partial charge on any atom is -0.310 e. The molecule has 0 amide bonds. The van der Waals surface area contributed by atoms with E-state index < -0.39 is 109 Å². The second kappa shape index (κ2) is 25.1. The topological polar surface area (TPSA) is 26.2 Å². The molecule has 0 N–H and O–H groups in total. The van der Waals surface area contributed by atoms with E-state index in [1.54, 1.807) is 9.13 Å². The van der Waals surface area contributed by atoms with E-state index in [0.29, 0.717) is 33.9 Å². The Bertz CT molecular complexity index is 8190. The van der Waals surface area contributed by atoms with Crippen molar-refractivity contribution >= 4 is 144 Å². The summed E-state index contributed by atoms with van der Waals surface area (Å²) in [6.07, 6.45) is 0. The molecule has 0 atom stereocenters. The zero-order chi connectivity index (χ0) is 88.7. The molecule has 6 heterocycles. The minimum atomic E-state index is -0.838. The number of rotatable bonds is 10. The van der Waals surface area contributed by atoms with Gasteiger partial charge in [-0.3, -0.25) is 0 Å². The second-order valence-electron chi connectivity index (χ2n) is 30.3. The van der Waals surface area contributed by atoms with E-state index >= 15 is 0 Å². The van der Waals surface area contributed by atoms with Gasteiger partial charge in [-0.25, -0.2) is 0 Å². The van der Waals surface area contributed by atoms with Gasteiger partial charge in [0, 0.05) is 105 Å². The van der Waals surface area contributed by atoms with Crippen molar-refractivity contribution in [3.05, 3.63) is 393 Å². The molecule has 23 rings (SSSR count). The summed E-state index contributed by atoms with van der Waals surface area (Å²) in [7, 11) is 0. The van der Waals surface area contributed by atoms with Crippen molar-refractivity contribution in [1.29, 1.82) is 0 Å². The smallest absolute Gasteiger partial charge is 0.252 e. The molecule has 2 aliphatic heterocycles. The molecule has 0 unspecified atom stereocenters. The molecule has 17 aromatic carbocycles.